The topological polar surface area (TPSA) is 69.2 Å². The van der Waals surface area contributed by atoms with Gasteiger partial charge in [0.05, 0.1) is 0 Å². The number of hydrogen-bond acceptors (Lipinski definition) is 3. The molecule has 0 unspecified atom stereocenters. The molecule has 4 nitrogen and oxygen atoms in total. The molecule has 0 aliphatic heterocycles. The molecule has 0 fully saturated rings. The zero-order valence-electron chi connectivity index (χ0n) is 5.31. The lowest BCUT2D eigenvalue weighted by molar-refractivity contribution is 0.448. The van der Waals surface area contributed by atoms with Crippen molar-refractivity contribution in [2.75, 3.05) is 0 Å². The Bertz CT molecular complexity index is 192. The lowest BCUT2D eigenvalue weighted by Gasteiger charge is -1.74. The Kier molecular flexibility index (Phi) is 5.15. The first-order valence-electron chi connectivity index (χ1n) is 2.60. The van der Waals surface area contributed by atoms with Gasteiger partial charge in [0.15, 0.2) is 6.19 Å². The van der Waals surface area contributed by atoms with Gasteiger partial charge in [-0.3, -0.25) is 4.57 Å². The highest BCUT2D eigenvalue weighted by Crippen LogP contribution is 1.82. The molecule has 0 aliphatic rings. The van der Waals surface area contributed by atoms with Crippen LogP contribution in [0.1, 0.15) is 0 Å². The summed E-state index contributed by atoms with van der Waals surface area (Å²) >= 11 is 0. The van der Waals surface area contributed by atoms with Crippen LogP contribution in [0.2, 0.25) is 0 Å². The molecule has 0 saturated carbocycles. The molecule has 0 aromatic carbocycles. The molecule has 0 bridgehead atoms. The minimum absolute atomic E-state index is 0.750. The van der Waals surface area contributed by atoms with Gasteiger partial charge in [-0.2, -0.15) is 5.26 Å². The monoisotopic (exact) mass is 138 g/mol. The molecule has 2 N–H and O–H groups in total. The van der Waals surface area contributed by atoms with Crippen molar-refractivity contribution in [1.29, 1.82) is 5.26 Å². The van der Waals surface area contributed by atoms with Crippen LogP contribution in [0, 0.1) is 11.5 Å². The van der Waals surface area contributed by atoms with Crippen LogP contribution in [-0.4, -0.2) is 22.3 Å². The van der Waals surface area contributed by atoms with Gasteiger partial charge in [0.25, 0.3) is 0 Å². The summed E-state index contributed by atoms with van der Waals surface area (Å²) in [5, 5.41) is 22.4. The Morgan fingerprint density at radius 3 is 1.90 bits per heavy atom. The van der Waals surface area contributed by atoms with Crippen LogP contribution in [-0.2, 0) is 0 Å². The van der Waals surface area contributed by atoms with Gasteiger partial charge in [0.2, 0.25) is 0 Å². The van der Waals surface area contributed by atoms with Crippen molar-refractivity contribution in [3.63, 3.8) is 0 Å². The van der Waals surface area contributed by atoms with E-state index in [1.54, 1.807) is 12.4 Å². The molecule has 0 spiro atoms. The highest BCUT2D eigenvalue weighted by Gasteiger charge is 1.75. The molecule has 5 heteroatoms. The smallest absolute Gasteiger partial charge is 0.430 e. The number of hydrogen-bond donors (Lipinski definition) is 2. The molecule has 1 rings (SSSR count). The van der Waals surface area contributed by atoms with Crippen molar-refractivity contribution in [1.82, 2.24) is 4.57 Å². The van der Waals surface area contributed by atoms with Crippen LogP contribution < -0.4 is 0 Å². The zero-order valence-corrected chi connectivity index (χ0v) is 5.31. The van der Waals surface area contributed by atoms with Crippen LogP contribution in [0.25, 0.3) is 0 Å². The van der Waals surface area contributed by atoms with Gasteiger partial charge in [-0.15, -0.1) is 0 Å². The molecule has 10 heavy (non-hydrogen) atoms. The first kappa shape index (κ1) is 8.75. The standard InChI is InChI=1S/C5H4N2.BH3O2/c6-5-7-3-1-2-4-7;2-1-3/h1-4H;1-3H. The maximum atomic E-state index is 8.14. The summed E-state index contributed by atoms with van der Waals surface area (Å²) in [7, 11) is -0.750. The number of nitrogens with zero attached hydrogens (tertiary/aromatic N) is 2. The SMILES string of the molecule is N#Cn1cccc1.OBO. The predicted octanol–water partition coefficient (Wildman–Crippen LogP) is -0.945. The largest absolute Gasteiger partial charge is 0.432 e. The van der Waals surface area contributed by atoms with E-state index in [0.717, 1.165) is 0 Å². The van der Waals surface area contributed by atoms with E-state index in [-0.39, 0.29) is 0 Å². The second-order valence-electron chi connectivity index (χ2n) is 1.33. The molecule has 1 aromatic heterocycles. The van der Waals surface area contributed by atoms with Gasteiger partial charge in [0.1, 0.15) is 0 Å². The van der Waals surface area contributed by atoms with Crippen molar-refractivity contribution >= 4 is 7.69 Å². The summed E-state index contributed by atoms with van der Waals surface area (Å²) in [6, 6.07) is 3.62. The third-order valence-corrected chi connectivity index (χ3v) is 0.720. The second-order valence-corrected chi connectivity index (χ2v) is 1.33. The molecule has 0 amide bonds. The van der Waals surface area contributed by atoms with Crippen molar-refractivity contribution in [2.45, 2.75) is 0 Å². The summed E-state index contributed by atoms with van der Waals surface area (Å²) < 4.78 is 1.43. The third kappa shape index (κ3) is 3.72. The molecular weight excluding hydrogens is 131 g/mol. The molecular formula is C5H7BN2O2. The van der Waals surface area contributed by atoms with Gasteiger partial charge < -0.3 is 10.0 Å². The minimum atomic E-state index is -0.750. The average molecular weight is 138 g/mol. The Morgan fingerprint density at radius 2 is 1.70 bits per heavy atom. The fraction of sp³-hybridized carbons (Fsp3) is 0. The molecule has 0 atom stereocenters. The zero-order chi connectivity index (χ0) is 7.82. The molecule has 0 aliphatic carbocycles. The van der Waals surface area contributed by atoms with E-state index in [1.807, 2.05) is 18.3 Å². The van der Waals surface area contributed by atoms with Crippen LogP contribution in [0.4, 0.5) is 0 Å². The summed E-state index contributed by atoms with van der Waals surface area (Å²) in [6.07, 6.45) is 5.31. The Labute approximate surface area is 59.3 Å². The highest BCUT2D eigenvalue weighted by molar-refractivity contribution is 6.13. The van der Waals surface area contributed by atoms with E-state index >= 15 is 0 Å². The van der Waals surface area contributed by atoms with Crippen molar-refractivity contribution < 1.29 is 10.0 Å². The van der Waals surface area contributed by atoms with Crippen LogP contribution in [0.15, 0.2) is 24.5 Å². The van der Waals surface area contributed by atoms with Crippen molar-refractivity contribution in [2.24, 2.45) is 0 Å². The summed E-state index contributed by atoms with van der Waals surface area (Å²) in [5.74, 6) is 0. The molecule has 0 radical (unpaired) electrons. The predicted molar refractivity (Wildman–Crippen MR) is 37.0 cm³/mol. The quantitative estimate of drug-likeness (QED) is 0.454. The Morgan fingerprint density at radius 1 is 1.30 bits per heavy atom. The Hall–Kier alpha value is -1.25. The van der Waals surface area contributed by atoms with E-state index in [9.17, 15) is 0 Å². The molecule has 52 valence electrons. The summed E-state index contributed by atoms with van der Waals surface area (Å²) in [5.41, 5.74) is 0. The van der Waals surface area contributed by atoms with Gasteiger partial charge in [-0.1, -0.05) is 0 Å². The van der Waals surface area contributed by atoms with Gasteiger partial charge in [-0.25, -0.2) is 0 Å². The van der Waals surface area contributed by atoms with E-state index in [0.29, 0.717) is 0 Å². The molecule has 1 heterocycles. The van der Waals surface area contributed by atoms with Gasteiger partial charge >= 0.3 is 7.69 Å². The third-order valence-electron chi connectivity index (χ3n) is 0.720. The minimum Gasteiger partial charge on any atom is -0.430 e. The summed E-state index contributed by atoms with van der Waals surface area (Å²) in [6.45, 7) is 0. The van der Waals surface area contributed by atoms with E-state index in [2.05, 4.69) is 0 Å². The maximum absolute atomic E-state index is 8.14. The van der Waals surface area contributed by atoms with E-state index < -0.39 is 7.69 Å². The van der Waals surface area contributed by atoms with Crippen molar-refractivity contribution in [3.8, 4) is 6.19 Å². The van der Waals surface area contributed by atoms with E-state index in [1.165, 1.54) is 4.57 Å². The number of rotatable bonds is 0. The number of nitriles is 1. The fourth-order valence-corrected chi connectivity index (χ4v) is 0.401. The summed E-state index contributed by atoms with van der Waals surface area (Å²) in [4.78, 5) is 0. The number of aromatic nitrogens is 1. The second kappa shape index (κ2) is 5.88. The first-order chi connectivity index (χ1) is 4.85. The fourth-order valence-electron chi connectivity index (χ4n) is 0.401. The first-order valence-corrected chi connectivity index (χ1v) is 2.60. The molecule has 1 aromatic rings. The lowest BCUT2D eigenvalue weighted by Crippen LogP contribution is -1.76. The van der Waals surface area contributed by atoms with Gasteiger partial charge in [0, 0.05) is 12.4 Å². The lowest BCUT2D eigenvalue weighted by atomic mass is 10.5. The highest BCUT2D eigenvalue weighted by atomic mass is 16.4. The maximum Gasteiger partial charge on any atom is 0.432 e. The van der Waals surface area contributed by atoms with Gasteiger partial charge in [-0.05, 0) is 12.1 Å². The average Bonchev–Trinajstić information content (AvgIpc) is 2.39. The van der Waals surface area contributed by atoms with E-state index in [4.69, 9.17) is 15.3 Å². The molecule has 0 saturated heterocycles. The normalized spacial score (nSPS) is 6.90. The van der Waals surface area contributed by atoms with Crippen molar-refractivity contribution in [3.05, 3.63) is 24.5 Å². The Balaban J connectivity index is 0.000000236. The van der Waals surface area contributed by atoms with Crippen LogP contribution in [0.5, 0.6) is 0 Å². The van der Waals surface area contributed by atoms with Crippen LogP contribution >= 0.6 is 0 Å². The van der Waals surface area contributed by atoms with Crippen LogP contribution in [0.3, 0.4) is 0 Å².